The second-order valence-corrected chi connectivity index (χ2v) is 7.75. The summed E-state index contributed by atoms with van der Waals surface area (Å²) in [5, 5.41) is 3.07. The van der Waals surface area contributed by atoms with E-state index >= 15 is 0 Å². The van der Waals surface area contributed by atoms with Crippen LogP contribution in [0.1, 0.15) is 17.2 Å². The molecule has 144 valence electrons. The molecular weight excluding hydrogens is 363 g/mol. The average molecular weight is 390 g/mol. The van der Waals surface area contributed by atoms with E-state index in [1.54, 1.807) is 11.8 Å². The van der Waals surface area contributed by atoms with Gasteiger partial charge in [0.25, 0.3) is 0 Å². The molecule has 1 atom stereocenters. The maximum absolute atomic E-state index is 13.3. The molecule has 1 amide bonds. The summed E-state index contributed by atoms with van der Waals surface area (Å²) < 4.78 is 18.8. The molecule has 0 aromatic heterocycles. The lowest BCUT2D eigenvalue weighted by Crippen LogP contribution is -3.15. The van der Waals surface area contributed by atoms with Crippen LogP contribution in [0, 0.1) is 12.7 Å². The Morgan fingerprint density at radius 1 is 1.19 bits per heavy atom. The largest absolute Gasteiger partial charge is 0.370 e. The SMILES string of the molecule is Cc1ccccc1SCC(=O)NC[C@@H](c1ccc(F)cc1)[NH+]1CCOCC1. The van der Waals surface area contributed by atoms with Crippen LogP contribution in [0.4, 0.5) is 4.39 Å². The van der Waals surface area contributed by atoms with Gasteiger partial charge in [0.05, 0.1) is 25.5 Å². The Morgan fingerprint density at radius 3 is 2.59 bits per heavy atom. The van der Waals surface area contributed by atoms with Crippen molar-refractivity contribution in [2.45, 2.75) is 17.9 Å². The van der Waals surface area contributed by atoms with E-state index in [0.717, 1.165) is 23.5 Å². The first-order valence-corrected chi connectivity index (χ1v) is 10.2. The Labute approximate surface area is 164 Å². The minimum absolute atomic E-state index is 0.0167. The molecule has 4 nitrogen and oxygen atoms in total. The van der Waals surface area contributed by atoms with Crippen molar-refractivity contribution in [2.24, 2.45) is 0 Å². The van der Waals surface area contributed by atoms with Gasteiger partial charge in [-0.15, -0.1) is 11.8 Å². The van der Waals surface area contributed by atoms with E-state index in [1.165, 1.54) is 22.6 Å². The van der Waals surface area contributed by atoms with Gasteiger partial charge in [-0.1, -0.05) is 30.3 Å². The van der Waals surface area contributed by atoms with Gasteiger partial charge >= 0.3 is 0 Å². The second kappa shape index (κ2) is 9.88. The first-order chi connectivity index (χ1) is 13.1. The van der Waals surface area contributed by atoms with Gasteiger partial charge in [-0.2, -0.15) is 0 Å². The average Bonchev–Trinajstić information content (AvgIpc) is 2.69. The molecule has 1 fully saturated rings. The summed E-state index contributed by atoms with van der Waals surface area (Å²) in [6.07, 6.45) is 0. The first-order valence-electron chi connectivity index (χ1n) is 9.26. The van der Waals surface area contributed by atoms with Gasteiger partial charge in [0.2, 0.25) is 5.91 Å². The Bertz CT molecular complexity index is 748. The fourth-order valence-electron chi connectivity index (χ4n) is 3.30. The normalized spacial score (nSPS) is 16.1. The molecule has 0 radical (unpaired) electrons. The number of amides is 1. The van der Waals surface area contributed by atoms with E-state index in [9.17, 15) is 9.18 Å². The van der Waals surface area contributed by atoms with Gasteiger partial charge in [-0.3, -0.25) is 4.79 Å². The number of nitrogens with one attached hydrogen (secondary N) is 2. The van der Waals surface area contributed by atoms with Crippen molar-refractivity contribution in [3.05, 3.63) is 65.5 Å². The number of thioether (sulfide) groups is 1. The van der Waals surface area contributed by atoms with Crippen LogP contribution in [0.25, 0.3) is 0 Å². The number of halogens is 1. The highest BCUT2D eigenvalue weighted by atomic mass is 32.2. The summed E-state index contributed by atoms with van der Waals surface area (Å²) >= 11 is 1.55. The Morgan fingerprint density at radius 2 is 1.89 bits per heavy atom. The van der Waals surface area contributed by atoms with Crippen molar-refractivity contribution in [1.82, 2.24) is 5.32 Å². The Hall–Kier alpha value is -1.89. The van der Waals surface area contributed by atoms with Crippen LogP contribution in [0.15, 0.2) is 53.4 Å². The van der Waals surface area contributed by atoms with Crippen LogP contribution in [-0.2, 0) is 9.53 Å². The summed E-state index contributed by atoms with van der Waals surface area (Å²) in [5.74, 6) is 0.163. The van der Waals surface area contributed by atoms with Gasteiger partial charge in [0, 0.05) is 10.5 Å². The number of benzene rings is 2. The van der Waals surface area contributed by atoms with Gasteiger partial charge < -0.3 is 15.0 Å². The number of morpholine rings is 1. The molecule has 0 saturated carbocycles. The molecule has 0 spiro atoms. The number of aryl methyl sites for hydroxylation is 1. The Balaban J connectivity index is 1.59. The molecule has 27 heavy (non-hydrogen) atoms. The molecule has 1 aliphatic heterocycles. The lowest BCUT2D eigenvalue weighted by atomic mass is 10.0. The number of ether oxygens (including phenoxy) is 1. The zero-order valence-corrected chi connectivity index (χ0v) is 16.4. The number of rotatable bonds is 7. The molecule has 2 N–H and O–H groups in total. The van der Waals surface area contributed by atoms with Crippen LogP contribution in [0.3, 0.4) is 0 Å². The smallest absolute Gasteiger partial charge is 0.230 e. The number of carbonyl (C=O) groups is 1. The maximum Gasteiger partial charge on any atom is 0.230 e. The molecular formula is C21H26FN2O2S+. The molecule has 1 saturated heterocycles. The predicted octanol–water partition coefficient (Wildman–Crippen LogP) is 2.00. The molecule has 0 bridgehead atoms. The van der Waals surface area contributed by atoms with Gasteiger partial charge in [0.1, 0.15) is 24.9 Å². The third-order valence-corrected chi connectivity index (χ3v) is 6.03. The fourth-order valence-corrected chi connectivity index (χ4v) is 4.16. The van der Waals surface area contributed by atoms with Crippen LogP contribution in [0.2, 0.25) is 0 Å². The lowest BCUT2D eigenvalue weighted by molar-refractivity contribution is -0.937. The zero-order chi connectivity index (χ0) is 19.1. The molecule has 0 aliphatic carbocycles. The molecule has 0 unspecified atom stereocenters. The molecule has 3 rings (SSSR count). The van der Waals surface area contributed by atoms with E-state index in [0.29, 0.717) is 25.5 Å². The monoisotopic (exact) mass is 389 g/mol. The molecule has 2 aromatic rings. The van der Waals surface area contributed by atoms with Gasteiger partial charge in [0.15, 0.2) is 0 Å². The first kappa shape index (κ1) is 19.9. The summed E-state index contributed by atoms with van der Waals surface area (Å²) in [4.78, 5) is 14.9. The van der Waals surface area contributed by atoms with Crippen molar-refractivity contribution >= 4 is 17.7 Å². The summed E-state index contributed by atoms with van der Waals surface area (Å²) in [6, 6.07) is 14.8. The highest BCUT2D eigenvalue weighted by Gasteiger charge is 2.26. The van der Waals surface area contributed by atoms with Crippen molar-refractivity contribution in [1.29, 1.82) is 0 Å². The van der Waals surface area contributed by atoms with E-state index in [4.69, 9.17) is 4.74 Å². The molecule has 1 aliphatic rings. The van der Waals surface area contributed by atoms with Gasteiger partial charge in [-0.05, 0) is 30.7 Å². The second-order valence-electron chi connectivity index (χ2n) is 6.73. The van der Waals surface area contributed by atoms with Crippen LogP contribution >= 0.6 is 11.8 Å². The van der Waals surface area contributed by atoms with Crippen LogP contribution in [0.5, 0.6) is 0 Å². The standard InChI is InChI=1S/C21H25FN2O2S/c1-16-4-2-3-5-20(16)27-15-21(25)23-14-19(24-10-12-26-13-11-24)17-6-8-18(22)9-7-17/h2-9,19H,10-15H2,1H3,(H,23,25)/p+1/t19-/m0/s1. The quantitative estimate of drug-likeness (QED) is 0.712. The van der Waals surface area contributed by atoms with Gasteiger partial charge in [-0.25, -0.2) is 4.39 Å². The van der Waals surface area contributed by atoms with Crippen LogP contribution < -0.4 is 10.2 Å². The van der Waals surface area contributed by atoms with E-state index < -0.39 is 0 Å². The molecule has 6 heteroatoms. The molecule has 2 aromatic carbocycles. The maximum atomic E-state index is 13.3. The van der Waals surface area contributed by atoms with Crippen molar-refractivity contribution in [3.8, 4) is 0 Å². The lowest BCUT2D eigenvalue weighted by Gasteiger charge is -2.32. The summed E-state index contributed by atoms with van der Waals surface area (Å²) in [5.41, 5.74) is 2.22. The predicted molar refractivity (Wildman–Crippen MR) is 106 cm³/mol. The third-order valence-electron chi connectivity index (χ3n) is 4.86. The number of carbonyl (C=O) groups excluding carboxylic acids is 1. The highest BCUT2D eigenvalue weighted by Crippen LogP contribution is 2.21. The fraction of sp³-hybridized carbons (Fsp3) is 0.381. The number of hydrogen-bond donors (Lipinski definition) is 2. The summed E-state index contributed by atoms with van der Waals surface area (Å²) in [7, 11) is 0. The highest BCUT2D eigenvalue weighted by molar-refractivity contribution is 8.00. The summed E-state index contributed by atoms with van der Waals surface area (Å²) in [6.45, 7) is 5.78. The minimum Gasteiger partial charge on any atom is -0.370 e. The van der Waals surface area contributed by atoms with Crippen molar-refractivity contribution < 1.29 is 18.8 Å². The zero-order valence-electron chi connectivity index (χ0n) is 15.5. The third kappa shape index (κ3) is 5.79. The van der Waals surface area contributed by atoms with Crippen LogP contribution in [-0.4, -0.2) is 44.5 Å². The number of hydrogen-bond acceptors (Lipinski definition) is 3. The molecule has 1 heterocycles. The van der Waals surface area contributed by atoms with Crippen molar-refractivity contribution in [3.63, 3.8) is 0 Å². The van der Waals surface area contributed by atoms with Crippen molar-refractivity contribution in [2.75, 3.05) is 38.6 Å². The minimum atomic E-state index is -0.242. The topological polar surface area (TPSA) is 42.8 Å². The van der Waals surface area contributed by atoms with E-state index in [1.807, 2.05) is 43.3 Å². The van der Waals surface area contributed by atoms with E-state index in [2.05, 4.69) is 5.32 Å². The Kier molecular flexibility index (Phi) is 7.26. The van der Waals surface area contributed by atoms with E-state index in [-0.39, 0.29) is 17.8 Å². The number of quaternary nitrogens is 1.